The van der Waals surface area contributed by atoms with Crippen molar-refractivity contribution in [1.82, 2.24) is 9.78 Å². The number of para-hydroxylation sites is 1. The van der Waals surface area contributed by atoms with Gasteiger partial charge in [0.1, 0.15) is 0 Å². The molecule has 1 heterocycles. The molecule has 1 atom stereocenters. The van der Waals surface area contributed by atoms with Crippen LogP contribution in [0.3, 0.4) is 0 Å². The second kappa shape index (κ2) is 11.0. The number of guanidine groups is 1. The van der Waals surface area contributed by atoms with Gasteiger partial charge in [-0.1, -0.05) is 41.9 Å². The van der Waals surface area contributed by atoms with Crippen LogP contribution in [-0.2, 0) is 11.3 Å². The predicted molar refractivity (Wildman–Crippen MR) is 125 cm³/mol. The molecule has 0 fully saturated rings. The van der Waals surface area contributed by atoms with Crippen LogP contribution in [0.4, 0.5) is 5.69 Å². The molecular weight excluding hydrogens is 489 g/mol. The topological polar surface area (TPSA) is 77.5 Å². The number of rotatable bonds is 7. The van der Waals surface area contributed by atoms with Crippen molar-refractivity contribution in [2.24, 2.45) is 10.7 Å². The summed E-state index contributed by atoms with van der Waals surface area (Å²) in [5.41, 5.74) is 9.07. The Balaban J connectivity index is 0.00000280. The Kier molecular flexibility index (Phi) is 8.75. The molecule has 1 aromatic heterocycles. The fraction of sp³-hybridized carbons (Fsp3) is 0.200. The molecule has 28 heavy (non-hydrogen) atoms. The molecule has 2 aromatic carbocycles. The van der Waals surface area contributed by atoms with Gasteiger partial charge in [0, 0.05) is 35.8 Å². The van der Waals surface area contributed by atoms with Gasteiger partial charge >= 0.3 is 0 Å². The summed E-state index contributed by atoms with van der Waals surface area (Å²) in [6.07, 6.45) is 3.65. The van der Waals surface area contributed by atoms with Gasteiger partial charge in [0.15, 0.2) is 5.96 Å². The van der Waals surface area contributed by atoms with E-state index in [9.17, 15) is 0 Å². The number of benzene rings is 2. The summed E-state index contributed by atoms with van der Waals surface area (Å²) in [5, 5.41) is 8.20. The zero-order valence-corrected chi connectivity index (χ0v) is 18.5. The van der Waals surface area contributed by atoms with E-state index in [4.69, 9.17) is 22.1 Å². The first kappa shape index (κ1) is 22.2. The number of anilines is 1. The summed E-state index contributed by atoms with van der Waals surface area (Å²) < 4.78 is 7.08. The lowest BCUT2D eigenvalue weighted by atomic mass is 10.1. The summed E-state index contributed by atoms with van der Waals surface area (Å²) in [5.74, 6) is 0.338. The fourth-order valence-corrected chi connectivity index (χ4v) is 2.90. The second-order valence-electron chi connectivity index (χ2n) is 5.99. The maximum Gasteiger partial charge on any atom is 0.193 e. The lowest BCUT2D eigenvalue weighted by Crippen LogP contribution is -2.25. The molecule has 6 nitrogen and oxygen atoms in total. The van der Waals surface area contributed by atoms with Gasteiger partial charge in [-0.15, -0.1) is 24.0 Å². The lowest BCUT2D eigenvalue weighted by molar-refractivity contribution is 0.185. The third-order valence-electron chi connectivity index (χ3n) is 4.11. The number of aromatic nitrogens is 2. The molecule has 0 bridgehead atoms. The normalized spacial score (nSPS) is 12.3. The number of methoxy groups -OCH3 is 1. The van der Waals surface area contributed by atoms with Gasteiger partial charge in [0.25, 0.3) is 0 Å². The van der Waals surface area contributed by atoms with E-state index in [-0.39, 0.29) is 30.0 Å². The van der Waals surface area contributed by atoms with Gasteiger partial charge in [-0.05, 0) is 29.8 Å². The maximum absolute atomic E-state index is 6.12. The number of nitrogens with one attached hydrogen (secondary N) is 1. The highest BCUT2D eigenvalue weighted by molar-refractivity contribution is 14.0. The van der Waals surface area contributed by atoms with Gasteiger partial charge < -0.3 is 15.8 Å². The molecule has 3 rings (SSSR count). The highest BCUT2D eigenvalue weighted by atomic mass is 127. The quantitative estimate of drug-likeness (QED) is 0.281. The van der Waals surface area contributed by atoms with E-state index in [1.165, 1.54) is 0 Å². The third kappa shape index (κ3) is 5.95. The SMILES string of the molecule is COCc1ccccc1NC(N)=NCC(c1ccc(Cl)cc1)n1cccn1.I. The van der Waals surface area contributed by atoms with Gasteiger partial charge in [-0.2, -0.15) is 5.10 Å². The minimum Gasteiger partial charge on any atom is -0.380 e. The Morgan fingerprint density at radius 1 is 1.21 bits per heavy atom. The predicted octanol–water partition coefficient (Wildman–Crippen LogP) is 4.32. The zero-order valence-electron chi connectivity index (χ0n) is 15.5. The summed E-state index contributed by atoms with van der Waals surface area (Å²) >= 11 is 6.01. The summed E-state index contributed by atoms with van der Waals surface area (Å²) in [6.45, 7) is 0.936. The van der Waals surface area contributed by atoms with Crippen LogP contribution in [0.1, 0.15) is 17.2 Å². The van der Waals surface area contributed by atoms with E-state index in [2.05, 4.69) is 15.4 Å². The first-order valence-corrected chi connectivity index (χ1v) is 8.93. The van der Waals surface area contributed by atoms with Crippen LogP contribution < -0.4 is 11.1 Å². The Hall–Kier alpha value is -2.10. The van der Waals surface area contributed by atoms with Crippen molar-refractivity contribution in [3.05, 3.63) is 83.1 Å². The average Bonchev–Trinajstić information content (AvgIpc) is 3.19. The number of hydrogen-bond acceptors (Lipinski definition) is 3. The van der Waals surface area contributed by atoms with Crippen molar-refractivity contribution in [1.29, 1.82) is 0 Å². The zero-order chi connectivity index (χ0) is 19.1. The molecular formula is C20H23ClIN5O. The molecule has 3 aromatic rings. The fourth-order valence-electron chi connectivity index (χ4n) is 2.78. The highest BCUT2D eigenvalue weighted by Gasteiger charge is 2.14. The summed E-state index contributed by atoms with van der Waals surface area (Å²) in [4.78, 5) is 4.52. The van der Waals surface area contributed by atoms with Gasteiger partial charge in [-0.3, -0.25) is 9.67 Å². The van der Waals surface area contributed by atoms with Crippen LogP contribution in [0.5, 0.6) is 0 Å². The molecule has 0 saturated carbocycles. The molecule has 0 spiro atoms. The number of aliphatic imine (C=N–C) groups is 1. The highest BCUT2D eigenvalue weighted by Crippen LogP contribution is 2.21. The molecule has 0 amide bonds. The molecule has 0 radical (unpaired) electrons. The average molecular weight is 512 g/mol. The van der Waals surface area contributed by atoms with E-state index >= 15 is 0 Å². The first-order valence-electron chi connectivity index (χ1n) is 8.55. The number of halogens is 2. The molecule has 1 unspecified atom stereocenters. The number of hydrogen-bond donors (Lipinski definition) is 2. The van der Waals surface area contributed by atoms with E-state index in [1.807, 2.05) is 65.5 Å². The Bertz CT molecular complexity index is 884. The van der Waals surface area contributed by atoms with Gasteiger partial charge in [-0.25, -0.2) is 0 Å². The molecule has 0 aliphatic carbocycles. The maximum atomic E-state index is 6.12. The van der Waals surface area contributed by atoms with Crippen LogP contribution in [-0.4, -0.2) is 29.4 Å². The van der Waals surface area contributed by atoms with Crippen molar-refractivity contribution >= 4 is 47.2 Å². The molecule has 0 aliphatic rings. The van der Waals surface area contributed by atoms with Crippen molar-refractivity contribution in [2.45, 2.75) is 12.6 Å². The standard InChI is InChI=1S/C20H22ClN5O.HI/c1-27-14-16-5-2-3-6-18(16)25-20(22)23-13-19(26-12-4-11-24-26)15-7-9-17(21)10-8-15;/h2-12,19H,13-14H2,1H3,(H3,22,23,25);1H. The largest absolute Gasteiger partial charge is 0.380 e. The second-order valence-corrected chi connectivity index (χ2v) is 6.43. The summed E-state index contributed by atoms with van der Waals surface area (Å²) in [7, 11) is 1.66. The van der Waals surface area contributed by atoms with Crippen molar-refractivity contribution in [3.63, 3.8) is 0 Å². The van der Waals surface area contributed by atoms with Gasteiger partial charge in [0.2, 0.25) is 0 Å². The number of ether oxygens (including phenoxy) is 1. The van der Waals surface area contributed by atoms with Crippen LogP contribution in [0, 0.1) is 0 Å². The first-order chi connectivity index (χ1) is 13.2. The van der Waals surface area contributed by atoms with Crippen LogP contribution >= 0.6 is 35.6 Å². The Morgan fingerprint density at radius 3 is 2.64 bits per heavy atom. The molecule has 0 saturated heterocycles. The van der Waals surface area contributed by atoms with E-state index in [1.54, 1.807) is 13.3 Å². The van der Waals surface area contributed by atoms with E-state index < -0.39 is 0 Å². The monoisotopic (exact) mass is 511 g/mol. The van der Waals surface area contributed by atoms with E-state index in [0.29, 0.717) is 24.1 Å². The molecule has 3 N–H and O–H groups in total. The Morgan fingerprint density at radius 2 is 1.96 bits per heavy atom. The molecule has 0 aliphatic heterocycles. The number of nitrogens with zero attached hydrogens (tertiary/aromatic N) is 3. The van der Waals surface area contributed by atoms with Crippen molar-refractivity contribution in [2.75, 3.05) is 19.0 Å². The molecule has 148 valence electrons. The summed E-state index contributed by atoms with van der Waals surface area (Å²) in [6, 6.07) is 17.3. The van der Waals surface area contributed by atoms with Crippen LogP contribution in [0.2, 0.25) is 5.02 Å². The number of nitrogens with two attached hydrogens (primary N) is 1. The van der Waals surface area contributed by atoms with Crippen molar-refractivity contribution < 1.29 is 4.74 Å². The van der Waals surface area contributed by atoms with Crippen LogP contribution in [0.25, 0.3) is 0 Å². The third-order valence-corrected chi connectivity index (χ3v) is 4.37. The molecule has 8 heteroatoms. The smallest absolute Gasteiger partial charge is 0.193 e. The van der Waals surface area contributed by atoms with Crippen molar-refractivity contribution in [3.8, 4) is 0 Å². The van der Waals surface area contributed by atoms with Gasteiger partial charge in [0.05, 0.1) is 19.2 Å². The lowest BCUT2D eigenvalue weighted by Gasteiger charge is -2.17. The minimum absolute atomic E-state index is 0. The minimum atomic E-state index is -0.0770. The van der Waals surface area contributed by atoms with E-state index in [0.717, 1.165) is 16.8 Å². The van der Waals surface area contributed by atoms with Crippen LogP contribution in [0.15, 0.2) is 72.0 Å². The Labute approximate surface area is 186 Å².